The smallest absolute Gasteiger partial charge is 0.265 e. The maximum absolute atomic E-state index is 13.7. The number of halogens is 4. The number of imidazole rings is 1. The zero-order chi connectivity index (χ0) is 14.3. The number of rotatable bonds is 2. The Morgan fingerprint density at radius 3 is 2.80 bits per heavy atom. The molecule has 3 rings (SSSR count). The standard InChI is InChI=1S/C12H5Br2F2N3O/c13-6-3-7(15)10(16)8(4-6)20-12-11-17-1-2-19(11)5-9(14)18-12/h1-5H. The second-order valence-corrected chi connectivity index (χ2v) is 5.56. The first-order valence-corrected chi connectivity index (χ1v) is 6.95. The predicted molar refractivity (Wildman–Crippen MR) is 74.8 cm³/mol. The molecular weight excluding hydrogens is 400 g/mol. The Morgan fingerprint density at radius 2 is 2.00 bits per heavy atom. The van der Waals surface area contributed by atoms with Gasteiger partial charge in [-0.2, -0.15) is 4.39 Å². The van der Waals surface area contributed by atoms with Crippen molar-refractivity contribution in [3.05, 3.63) is 51.4 Å². The summed E-state index contributed by atoms with van der Waals surface area (Å²) in [7, 11) is 0. The Bertz CT molecular complexity index is 807. The normalized spacial score (nSPS) is 11.0. The summed E-state index contributed by atoms with van der Waals surface area (Å²) < 4.78 is 34.9. The molecule has 4 nitrogen and oxygen atoms in total. The fourth-order valence-electron chi connectivity index (χ4n) is 1.65. The first kappa shape index (κ1) is 13.4. The number of ether oxygens (including phenoxy) is 1. The second kappa shape index (κ2) is 5.10. The Kier molecular flexibility index (Phi) is 3.43. The number of fused-ring (bicyclic) bond motifs is 1. The molecule has 8 heteroatoms. The molecule has 2 aromatic heterocycles. The molecule has 0 saturated heterocycles. The van der Waals surface area contributed by atoms with E-state index in [9.17, 15) is 8.78 Å². The molecule has 0 aliphatic heterocycles. The van der Waals surface area contributed by atoms with Crippen molar-refractivity contribution in [1.29, 1.82) is 0 Å². The minimum absolute atomic E-state index is 0.0702. The Hall–Kier alpha value is -1.54. The number of benzene rings is 1. The van der Waals surface area contributed by atoms with Gasteiger partial charge in [0.15, 0.2) is 11.6 Å². The van der Waals surface area contributed by atoms with Gasteiger partial charge < -0.3 is 4.74 Å². The van der Waals surface area contributed by atoms with Crippen LogP contribution < -0.4 is 4.74 Å². The highest BCUT2D eigenvalue weighted by Gasteiger charge is 2.15. The van der Waals surface area contributed by atoms with Gasteiger partial charge in [0, 0.05) is 23.1 Å². The van der Waals surface area contributed by atoms with E-state index in [1.54, 1.807) is 23.0 Å². The maximum Gasteiger partial charge on any atom is 0.265 e. The third-order valence-electron chi connectivity index (χ3n) is 2.48. The van der Waals surface area contributed by atoms with Crippen LogP contribution in [0.15, 0.2) is 39.8 Å². The summed E-state index contributed by atoms with van der Waals surface area (Å²) in [5, 5.41) is 0. The van der Waals surface area contributed by atoms with E-state index < -0.39 is 11.6 Å². The van der Waals surface area contributed by atoms with Crippen LogP contribution >= 0.6 is 31.9 Å². The molecule has 0 amide bonds. The van der Waals surface area contributed by atoms with E-state index >= 15 is 0 Å². The first-order valence-electron chi connectivity index (χ1n) is 5.36. The van der Waals surface area contributed by atoms with Crippen LogP contribution in [0.2, 0.25) is 0 Å². The highest BCUT2D eigenvalue weighted by Crippen LogP contribution is 2.31. The van der Waals surface area contributed by atoms with Crippen molar-refractivity contribution in [3.63, 3.8) is 0 Å². The fourth-order valence-corrected chi connectivity index (χ4v) is 2.44. The topological polar surface area (TPSA) is 39.4 Å². The highest BCUT2D eigenvalue weighted by molar-refractivity contribution is 9.10. The van der Waals surface area contributed by atoms with Crippen molar-refractivity contribution in [2.24, 2.45) is 0 Å². The molecular formula is C12H5Br2F2N3O. The van der Waals surface area contributed by atoms with Gasteiger partial charge in [-0.25, -0.2) is 14.4 Å². The summed E-state index contributed by atoms with van der Waals surface area (Å²) in [5.41, 5.74) is 0.396. The third kappa shape index (κ3) is 2.40. The fraction of sp³-hybridized carbons (Fsp3) is 0. The Morgan fingerprint density at radius 1 is 1.20 bits per heavy atom. The Labute approximate surface area is 128 Å². The summed E-state index contributed by atoms with van der Waals surface area (Å²) >= 11 is 6.29. The van der Waals surface area contributed by atoms with E-state index in [0.29, 0.717) is 14.7 Å². The molecule has 0 radical (unpaired) electrons. The van der Waals surface area contributed by atoms with Gasteiger partial charge in [-0.1, -0.05) is 15.9 Å². The molecule has 2 heterocycles. The monoisotopic (exact) mass is 403 g/mol. The van der Waals surface area contributed by atoms with Crippen molar-refractivity contribution in [2.75, 3.05) is 0 Å². The average Bonchev–Trinajstić information content (AvgIpc) is 2.83. The van der Waals surface area contributed by atoms with E-state index in [1.807, 2.05) is 0 Å². The molecule has 0 aliphatic rings. The van der Waals surface area contributed by atoms with Crippen LogP contribution in [0.1, 0.15) is 0 Å². The maximum atomic E-state index is 13.7. The summed E-state index contributed by atoms with van der Waals surface area (Å²) in [6.07, 6.45) is 4.91. The molecule has 0 N–H and O–H groups in total. The lowest BCUT2D eigenvalue weighted by Gasteiger charge is -2.08. The van der Waals surface area contributed by atoms with Gasteiger partial charge in [-0.3, -0.25) is 4.40 Å². The average molecular weight is 405 g/mol. The van der Waals surface area contributed by atoms with E-state index in [4.69, 9.17) is 4.74 Å². The summed E-state index contributed by atoms with van der Waals surface area (Å²) in [4.78, 5) is 8.13. The minimum atomic E-state index is -1.08. The lowest BCUT2D eigenvalue weighted by Crippen LogP contribution is -1.97. The molecule has 1 aromatic carbocycles. The van der Waals surface area contributed by atoms with Crippen molar-refractivity contribution < 1.29 is 13.5 Å². The second-order valence-electron chi connectivity index (χ2n) is 3.83. The van der Waals surface area contributed by atoms with E-state index in [2.05, 4.69) is 41.8 Å². The van der Waals surface area contributed by atoms with Crippen molar-refractivity contribution in [1.82, 2.24) is 14.4 Å². The van der Waals surface area contributed by atoms with Crippen molar-refractivity contribution in [2.45, 2.75) is 0 Å². The number of hydrogen-bond acceptors (Lipinski definition) is 3. The van der Waals surface area contributed by atoms with Crippen molar-refractivity contribution >= 4 is 37.5 Å². The zero-order valence-corrected chi connectivity index (χ0v) is 12.8. The van der Waals surface area contributed by atoms with Gasteiger partial charge in [-0.15, -0.1) is 0 Å². The molecule has 0 bridgehead atoms. The van der Waals surface area contributed by atoms with E-state index in [0.717, 1.165) is 6.07 Å². The summed E-state index contributed by atoms with van der Waals surface area (Å²) in [6, 6.07) is 2.34. The van der Waals surface area contributed by atoms with Gasteiger partial charge in [0.25, 0.3) is 5.88 Å². The van der Waals surface area contributed by atoms with Gasteiger partial charge in [-0.05, 0) is 28.1 Å². The molecule has 102 valence electrons. The van der Waals surface area contributed by atoms with E-state index in [1.165, 1.54) is 6.07 Å². The molecule has 0 fully saturated rings. The van der Waals surface area contributed by atoms with E-state index in [-0.39, 0.29) is 11.6 Å². The van der Waals surface area contributed by atoms with Gasteiger partial charge in [0.2, 0.25) is 11.5 Å². The quantitative estimate of drug-likeness (QED) is 0.597. The first-order chi connectivity index (χ1) is 9.54. The van der Waals surface area contributed by atoms with Gasteiger partial charge in [0.05, 0.1) is 0 Å². The van der Waals surface area contributed by atoms with Crippen LogP contribution in [0.4, 0.5) is 8.78 Å². The van der Waals surface area contributed by atoms with Crippen LogP contribution in [-0.2, 0) is 0 Å². The molecule has 0 aliphatic carbocycles. The van der Waals surface area contributed by atoms with Crippen LogP contribution in [0.5, 0.6) is 11.6 Å². The number of hydrogen-bond donors (Lipinski definition) is 0. The lowest BCUT2D eigenvalue weighted by atomic mass is 10.3. The van der Waals surface area contributed by atoms with Gasteiger partial charge in [0.1, 0.15) is 4.60 Å². The predicted octanol–water partition coefficient (Wildman–Crippen LogP) is 4.32. The SMILES string of the molecule is Fc1cc(Br)cc(Oc2nc(Br)cn3ccnc23)c1F. The zero-order valence-electron chi connectivity index (χ0n) is 9.65. The molecule has 0 saturated carbocycles. The molecule has 0 atom stereocenters. The molecule has 3 aromatic rings. The lowest BCUT2D eigenvalue weighted by molar-refractivity contribution is 0.405. The number of aromatic nitrogens is 3. The molecule has 20 heavy (non-hydrogen) atoms. The Balaban J connectivity index is 2.12. The van der Waals surface area contributed by atoms with Crippen LogP contribution in [0.25, 0.3) is 5.65 Å². The summed E-state index contributed by atoms with van der Waals surface area (Å²) in [5.74, 6) is -2.29. The largest absolute Gasteiger partial charge is 0.433 e. The third-order valence-corrected chi connectivity index (χ3v) is 3.32. The highest BCUT2D eigenvalue weighted by atomic mass is 79.9. The van der Waals surface area contributed by atoms with Crippen molar-refractivity contribution in [3.8, 4) is 11.6 Å². The van der Waals surface area contributed by atoms with Crippen LogP contribution in [-0.4, -0.2) is 14.4 Å². The van der Waals surface area contributed by atoms with Crippen LogP contribution in [0.3, 0.4) is 0 Å². The number of nitrogens with zero attached hydrogens (tertiary/aromatic N) is 3. The molecule has 0 spiro atoms. The minimum Gasteiger partial charge on any atom is -0.433 e. The summed E-state index contributed by atoms with van der Waals surface area (Å²) in [6.45, 7) is 0. The molecule has 0 unspecified atom stereocenters. The van der Waals surface area contributed by atoms with Gasteiger partial charge >= 0.3 is 0 Å². The van der Waals surface area contributed by atoms with Crippen LogP contribution in [0, 0.1) is 11.6 Å².